The number of hydrogen-bond donors (Lipinski definition) is 1. The molecule has 0 atom stereocenters. The van der Waals surface area contributed by atoms with E-state index in [2.05, 4.69) is 4.98 Å². The second-order valence-corrected chi connectivity index (χ2v) is 6.06. The standard InChI is InChI=1S/C18H13NOS/c1-11-16(15-9-10-21-18(15)19-11)17(20)14-8-4-6-12-5-2-3-7-13(12)14/h2-10,19H,1H3. The number of aryl methyl sites for hydroxylation is 1. The molecule has 4 aromatic rings. The molecule has 0 amide bonds. The minimum atomic E-state index is 0.0916. The van der Waals surface area contributed by atoms with Gasteiger partial charge in [-0.25, -0.2) is 0 Å². The SMILES string of the molecule is Cc1[nH]c2sccc2c1C(=O)c1cccc2ccccc12. The molecule has 4 rings (SSSR count). The van der Waals surface area contributed by atoms with Gasteiger partial charge in [-0.05, 0) is 29.1 Å². The number of rotatable bonds is 2. The molecule has 2 nitrogen and oxygen atoms in total. The smallest absolute Gasteiger partial charge is 0.196 e. The van der Waals surface area contributed by atoms with Crippen molar-refractivity contribution in [2.24, 2.45) is 0 Å². The highest BCUT2D eigenvalue weighted by Crippen LogP contribution is 2.30. The molecule has 2 heterocycles. The summed E-state index contributed by atoms with van der Waals surface area (Å²) in [6, 6.07) is 15.9. The lowest BCUT2D eigenvalue weighted by Gasteiger charge is -2.06. The van der Waals surface area contributed by atoms with Crippen molar-refractivity contribution >= 4 is 38.1 Å². The van der Waals surface area contributed by atoms with Gasteiger partial charge in [-0.3, -0.25) is 4.79 Å². The predicted molar refractivity (Wildman–Crippen MR) is 88.3 cm³/mol. The number of fused-ring (bicyclic) bond motifs is 2. The van der Waals surface area contributed by atoms with E-state index >= 15 is 0 Å². The Morgan fingerprint density at radius 1 is 1.00 bits per heavy atom. The Morgan fingerprint density at radius 2 is 1.81 bits per heavy atom. The van der Waals surface area contributed by atoms with Crippen LogP contribution < -0.4 is 0 Å². The predicted octanol–water partition coefficient (Wildman–Crippen LogP) is 4.92. The molecule has 2 aromatic heterocycles. The molecule has 0 saturated heterocycles. The minimum absolute atomic E-state index is 0.0916. The fourth-order valence-corrected chi connectivity index (χ4v) is 3.74. The van der Waals surface area contributed by atoms with E-state index in [1.807, 2.05) is 60.8 Å². The van der Waals surface area contributed by atoms with Crippen LogP contribution >= 0.6 is 11.3 Å². The van der Waals surface area contributed by atoms with Crippen molar-refractivity contribution < 1.29 is 4.79 Å². The molecule has 2 aromatic carbocycles. The van der Waals surface area contributed by atoms with Gasteiger partial charge in [0.25, 0.3) is 0 Å². The molecule has 0 bridgehead atoms. The van der Waals surface area contributed by atoms with E-state index in [9.17, 15) is 4.79 Å². The van der Waals surface area contributed by atoms with E-state index in [4.69, 9.17) is 0 Å². The zero-order chi connectivity index (χ0) is 14.4. The number of benzene rings is 2. The fraction of sp³-hybridized carbons (Fsp3) is 0.0556. The second-order valence-electron chi connectivity index (χ2n) is 5.14. The Hall–Kier alpha value is -2.39. The third-order valence-electron chi connectivity index (χ3n) is 3.87. The maximum absolute atomic E-state index is 13.0. The quantitative estimate of drug-likeness (QED) is 0.522. The van der Waals surface area contributed by atoms with Crippen molar-refractivity contribution in [2.75, 3.05) is 0 Å². The summed E-state index contributed by atoms with van der Waals surface area (Å²) in [6.07, 6.45) is 0. The Balaban J connectivity index is 1.98. The van der Waals surface area contributed by atoms with Crippen molar-refractivity contribution in [3.05, 3.63) is 70.7 Å². The van der Waals surface area contributed by atoms with E-state index in [0.717, 1.165) is 37.8 Å². The molecule has 102 valence electrons. The van der Waals surface area contributed by atoms with Gasteiger partial charge in [0.15, 0.2) is 5.78 Å². The maximum Gasteiger partial charge on any atom is 0.196 e. The van der Waals surface area contributed by atoms with Crippen LogP contribution in [0.15, 0.2) is 53.9 Å². The average molecular weight is 291 g/mol. The first-order valence-corrected chi connectivity index (χ1v) is 7.72. The lowest BCUT2D eigenvalue weighted by Crippen LogP contribution is -2.03. The average Bonchev–Trinajstić information content (AvgIpc) is 3.06. The topological polar surface area (TPSA) is 32.9 Å². The summed E-state index contributed by atoms with van der Waals surface area (Å²) >= 11 is 1.63. The number of carbonyl (C=O) groups excluding carboxylic acids is 1. The van der Waals surface area contributed by atoms with E-state index in [0.29, 0.717) is 0 Å². The van der Waals surface area contributed by atoms with Gasteiger partial charge in [0.05, 0.1) is 5.56 Å². The van der Waals surface area contributed by atoms with E-state index in [1.54, 1.807) is 11.3 Å². The minimum Gasteiger partial charge on any atom is -0.350 e. The molecule has 21 heavy (non-hydrogen) atoms. The second kappa shape index (κ2) is 4.57. The number of H-pyrrole nitrogens is 1. The Kier molecular flexibility index (Phi) is 2.69. The molecule has 0 aliphatic rings. The van der Waals surface area contributed by atoms with Crippen molar-refractivity contribution in [3.63, 3.8) is 0 Å². The van der Waals surface area contributed by atoms with Gasteiger partial charge in [-0.1, -0.05) is 42.5 Å². The van der Waals surface area contributed by atoms with E-state index in [-0.39, 0.29) is 5.78 Å². The zero-order valence-electron chi connectivity index (χ0n) is 11.5. The summed E-state index contributed by atoms with van der Waals surface area (Å²) in [5.74, 6) is 0.0916. The van der Waals surface area contributed by atoms with Gasteiger partial charge in [0.1, 0.15) is 4.83 Å². The number of carbonyl (C=O) groups is 1. The number of aromatic amines is 1. The van der Waals surface area contributed by atoms with E-state index < -0.39 is 0 Å². The molecule has 0 fully saturated rings. The summed E-state index contributed by atoms with van der Waals surface area (Å²) in [4.78, 5) is 17.4. The van der Waals surface area contributed by atoms with Crippen LogP contribution in [0.4, 0.5) is 0 Å². The summed E-state index contributed by atoms with van der Waals surface area (Å²) in [5, 5.41) is 5.14. The number of aromatic nitrogens is 1. The lowest BCUT2D eigenvalue weighted by molar-refractivity contribution is 0.104. The number of hydrogen-bond acceptors (Lipinski definition) is 2. The molecule has 0 radical (unpaired) electrons. The summed E-state index contributed by atoms with van der Waals surface area (Å²) in [5.41, 5.74) is 2.50. The highest BCUT2D eigenvalue weighted by atomic mass is 32.1. The van der Waals surface area contributed by atoms with Gasteiger partial charge in [0.2, 0.25) is 0 Å². The number of nitrogens with one attached hydrogen (secondary N) is 1. The molecule has 0 aliphatic carbocycles. The lowest BCUT2D eigenvalue weighted by atomic mass is 9.96. The summed E-state index contributed by atoms with van der Waals surface area (Å²) < 4.78 is 0. The van der Waals surface area contributed by atoms with E-state index in [1.165, 1.54) is 0 Å². The maximum atomic E-state index is 13.0. The molecule has 0 spiro atoms. The van der Waals surface area contributed by atoms with Gasteiger partial charge in [0, 0.05) is 16.6 Å². The first-order valence-electron chi connectivity index (χ1n) is 6.84. The summed E-state index contributed by atoms with van der Waals surface area (Å²) in [7, 11) is 0. The normalized spacial score (nSPS) is 11.3. The van der Waals surface area contributed by atoms with Crippen LogP contribution in [-0.2, 0) is 0 Å². The first-order chi connectivity index (χ1) is 10.3. The number of ketones is 1. The fourth-order valence-electron chi connectivity index (χ4n) is 2.89. The van der Waals surface area contributed by atoms with Crippen molar-refractivity contribution in [2.45, 2.75) is 6.92 Å². The molecule has 0 unspecified atom stereocenters. The number of thiophene rings is 1. The van der Waals surface area contributed by atoms with Crippen LogP contribution in [0.3, 0.4) is 0 Å². The van der Waals surface area contributed by atoms with Crippen LogP contribution in [0.25, 0.3) is 21.0 Å². The molecule has 0 aliphatic heterocycles. The molecular weight excluding hydrogens is 278 g/mol. The highest BCUT2D eigenvalue weighted by Gasteiger charge is 2.19. The monoisotopic (exact) mass is 291 g/mol. The van der Waals surface area contributed by atoms with Gasteiger partial charge < -0.3 is 4.98 Å². The Labute approximate surface area is 126 Å². The third-order valence-corrected chi connectivity index (χ3v) is 4.70. The molecule has 1 N–H and O–H groups in total. The Bertz CT molecular complexity index is 972. The Morgan fingerprint density at radius 3 is 2.71 bits per heavy atom. The van der Waals surface area contributed by atoms with Crippen LogP contribution in [0.2, 0.25) is 0 Å². The van der Waals surface area contributed by atoms with Crippen LogP contribution in [0.1, 0.15) is 21.6 Å². The highest BCUT2D eigenvalue weighted by molar-refractivity contribution is 7.16. The van der Waals surface area contributed by atoms with Crippen molar-refractivity contribution in [3.8, 4) is 0 Å². The summed E-state index contributed by atoms with van der Waals surface area (Å²) in [6.45, 7) is 1.96. The molecule has 3 heteroatoms. The largest absolute Gasteiger partial charge is 0.350 e. The molecule has 0 saturated carbocycles. The zero-order valence-corrected chi connectivity index (χ0v) is 12.3. The van der Waals surface area contributed by atoms with Crippen molar-refractivity contribution in [1.29, 1.82) is 0 Å². The van der Waals surface area contributed by atoms with Gasteiger partial charge in [-0.15, -0.1) is 11.3 Å². The van der Waals surface area contributed by atoms with Gasteiger partial charge in [-0.2, -0.15) is 0 Å². The van der Waals surface area contributed by atoms with Gasteiger partial charge >= 0.3 is 0 Å². The van der Waals surface area contributed by atoms with Crippen LogP contribution in [0.5, 0.6) is 0 Å². The molecular formula is C18H13NOS. The third kappa shape index (κ3) is 1.82. The van der Waals surface area contributed by atoms with Crippen LogP contribution in [0, 0.1) is 6.92 Å². The first kappa shape index (κ1) is 12.4. The van der Waals surface area contributed by atoms with Crippen molar-refractivity contribution in [1.82, 2.24) is 4.98 Å². The van der Waals surface area contributed by atoms with Crippen LogP contribution in [-0.4, -0.2) is 10.8 Å².